The van der Waals surface area contributed by atoms with Gasteiger partial charge in [0.25, 0.3) is 10.2 Å². The minimum atomic E-state index is -1.75. The number of benzene rings is 2. The van der Waals surface area contributed by atoms with Crippen LogP contribution < -0.4 is 0 Å². The zero-order chi connectivity index (χ0) is 57.6. The highest BCUT2D eigenvalue weighted by Crippen LogP contribution is 2.69. The average Bonchev–Trinajstić information content (AvgIpc) is 4.00. The van der Waals surface area contributed by atoms with Crippen LogP contribution in [-0.2, 0) is 46.8 Å². The Morgan fingerprint density at radius 3 is 1.43 bits per heavy atom. The SMILES string of the molecule is C[C@]12C=CC(=O)C=C1CCC1C2[C@@H](O)C[C@@]2(C)C1CC[C@]2(O)C(=O)CO.C[C@]12C=CC(=O)C=C1CCC1C2[C@@H](O)C[C@@]2(C)C1CC[C@]2(O)C(=O)COC(=O)c1ccc(CO[N+](=O)[O-])cc1.O=C(O)c1ccc(CO[N+](=O)[O-])cc1. The van der Waals surface area contributed by atoms with Crippen molar-refractivity contribution in [3.05, 3.63) is 139 Å². The summed E-state index contributed by atoms with van der Waals surface area (Å²) in [4.78, 5) is 101. The van der Waals surface area contributed by atoms with Crippen LogP contribution in [0.3, 0.4) is 0 Å². The Morgan fingerprint density at radius 1 is 0.633 bits per heavy atom. The number of allylic oxidation sites excluding steroid dienone is 8. The fourth-order valence-corrected chi connectivity index (χ4v) is 15.8. The summed E-state index contributed by atoms with van der Waals surface area (Å²) >= 11 is 0. The molecule has 21 heteroatoms. The zero-order valence-electron chi connectivity index (χ0n) is 44.5. The molecule has 79 heavy (non-hydrogen) atoms. The molecule has 2 aromatic rings. The van der Waals surface area contributed by atoms with Gasteiger partial charge >= 0.3 is 11.9 Å². The quantitative estimate of drug-likeness (QED) is 0.0786. The molecule has 0 amide bonds. The minimum absolute atomic E-state index is 0.00566. The number of aromatic carboxylic acids is 1. The van der Waals surface area contributed by atoms with E-state index in [1.165, 1.54) is 48.5 Å². The Hall–Kier alpha value is -6.78. The lowest BCUT2D eigenvalue weighted by molar-refractivity contribution is -0.763. The smallest absolute Gasteiger partial charge is 0.338 e. The first-order chi connectivity index (χ1) is 37.1. The molecule has 0 bridgehead atoms. The summed E-state index contributed by atoms with van der Waals surface area (Å²) in [6.45, 7) is 6.24. The monoisotopic (exact) mass is 1100 g/mol. The lowest BCUT2D eigenvalue weighted by Crippen LogP contribution is -2.61. The number of carbonyl (C=O) groups excluding carboxylic acids is 5. The number of ketones is 4. The molecule has 424 valence electrons. The first-order valence-corrected chi connectivity index (χ1v) is 26.7. The third-order valence-electron chi connectivity index (χ3n) is 19.8. The number of esters is 1. The average molecular weight is 1100 g/mol. The summed E-state index contributed by atoms with van der Waals surface area (Å²) in [5, 5.41) is 81.8. The topological polar surface area (TPSA) is 338 Å². The van der Waals surface area contributed by atoms with Gasteiger partial charge in [0.15, 0.2) is 24.0 Å². The third kappa shape index (κ3) is 10.5. The van der Waals surface area contributed by atoms with Crippen molar-refractivity contribution in [2.75, 3.05) is 13.2 Å². The number of ether oxygens (including phenoxy) is 1. The second-order valence-corrected chi connectivity index (χ2v) is 23.5. The maximum Gasteiger partial charge on any atom is 0.338 e. The van der Waals surface area contributed by atoms with Gasteiger partial charge in [-0.2, -0.15) is 0 Å². The van der Waals surface area contributed by atoms with Crippen LogP contribution in [0.4, 0.5) is 0 Å². The number of carboxylic acid groups (broad SMARTS) is 1. The summed E-state index contributed by atoms with van der Waals surface area (Å²) in [7, 11) is 0. The number of fused-ring (bicyclic) bond motifs is 10. The van der Waals surface area contributed by atoms with E-state index in [0.29, 0.717) is 30.4 Å². The highest BCUT2D eigenvalue weighted by atomic mass is 17.0. The van der Waals surface area contributed by atoms with Crippen LogP contribution in [0, 0.1) is 77.4 Å². The molecular formula is C58H68N2O19. The molecule has 8 aliphatic rings. The zero-order valence-corrected chi connectivity index (χ0v) is 44.5. The molecule has 14 atom stereocenters. The number of carboxylic acids is 1. The van der Waals surface area contributed by atoms with Crippen molar-refractivity contribution >= 4 is 35.1 Å². The summed E-state index contributed by atoms with van der Waals surface area (Å²) in [6, 6.07) is 11.5. The summed E-state index contributed by atoms with van der Waals surface area (Å²) in [5.74, 6) is -2.69. The molecular weight excluding hydrogens is 1030 g/mol. The lowest BCUT2D eigenvalue weighted by Gasteiger charge is -2.59. The molecule has 0 radical (unpaired) electrons. The van der Waals surface area contributed by atoms with E-state index in [9.17, 15) is 74.5 Å². The maximum absolute atomic E-state index is 13.4. The molecule has 0 aromatic heterocycles. The molecule has 6 fully saturated rings. The van der Waals surface area contributed by atoms with E-state index in [-0.39, 0.29) is 89.7 Å². The van der Waals surface area contributed by atoms with Gasteiger partial charge in [-0.1, -0.05) is 75.3 Å². The van der Waals surface area contributed by atoms with E-state index in [2.05, 4.69) is 23.5 Å². The molecule has 8 aliphatic carbocycles. The Balaban J connectivity index is 0.000000176. The number of aliphatic hydroxyl groups is 5. The minimum Gasteiger partial charge on any atom is -0.478 e. The van der Waals surface area contributed by atoms with E-state index < -0.39 is 86.5 Å². The van der Waals surface area contributed by atoms with Gasteiger partial charge in [-0.15, -0.1) is 20.2 Å². The predicted molar refractivity (Wildman–Crippen MR) is 277 cm³/mol. The van der Waals surface area contributed by atoms with E-state index in [0.717, 1.165) is 43.3 Å². The van der Waals surface area contributed by atoms with Crippen molar-refractivity contribution in [2.24, 2.45) is 57.2 Å². The Kier molecular flexibility index (Phi) is 16.3. The standard InChI is InChI=1S/C29H33NO9.C21H28O5.C8H7NO5/c1-27-11-9-20(31)13-19(27)7-8-21-22-10-12-29(35,28(22,2)14-23(32)25(21)27)24(33)16-38-26(34)18-5-3-17(4-6-18)15-39-30(36)37;1-19-7-5-13(23)9-12(19)3-4-14-15-6-8-21(26,17(25)11-22)20(15,2)10-16(24)18(14)19;10-8(11)7-3-1-6(2-4-7)5-14-9(12)13/h3-6,9,11,13,21-23,25,32,35H,7-8,10,12,14-16H2,1-2H3;5,7,9,14-16,18,22,24,26H,3-4,6,8,10-11H2,1-2H3;1-4H,5H2,(H,10,11)/t21?,22?,23-,25?,27-,28-,29-;14?,15?,16-,18?,19-,20-,21-;/m00./s1. The number of carbonyl (C=O) groups is 6. The second-order valence-electron chi connectivity index (χ2n) is 23.5. The number of hydrogen-bond donors (Lipinski definition) is 6. The molecule has 10 rings (SSSR count). The fourth-order valence-electron chi connectivity index (χ4n) is 15.8. The van der Waals surface area contributed by atoms with Crippen molar-refractivity contribution in [1.29, 1.82) is 0 Å². The van der Waals surface area contributed by atoms with Crippen molar-refractivity contribution in [3.63, 3.8) is 0 Å². The van der Waals surface area contributed by atoms with Crippen LogP contribution in [-0.4, -0.2) is 113 Å². The Bertz CT molecular complexity index is 2910. The number of hydrogen-bond acceptors (Lipinski definition) is 18. The van der Waals surface area contributed by atoms with Crippen molar-refractivity contribution < 1.29 is 84.0 Å². The van der Waals surface area contributed by atoms with Gasteiger partial charge in [-0.05, 0) is 148 Å². The van der Waals surface area contributed by atoms with Crippen molar-refractivity contribution in [1.82, 2.24) is 0 Å². The highest BCUT2D eigenvalue weighted by Gasteiger charge is 2.70. The first kappa shape index (κ1) is 58.4. The summed E-state index contributed by atoms with van der Waals surface area (Å²) < 4.78 is 5.26. The second kappa shape index (κ2) is 22.0. The molecule has 2 aromatic carbocycles. The Labute approximate surface area is 455 Å². The predicted octanol–water partition coefficient (Wildman–Crippen LogP) is 5.78. The van der Waals surface area contributed by atoms with E-state index in [1.807, 2.05) is 26.0 Å². The number of rotatable bonds is 13. The van der Waals surface area contributed by atoms with Crippen LogP contribution in [0.2, 0.25) is 0 Å². The van der Waals surface area contributed by atoms with Crippen LogP contribution in [0.1, 0.15) is 124 Å². The van der Waals surface area contributed by atoms with Crippen LogP contribution in [0.5, 0.6) is 0 Å². The molecule has 6 saturated carbocycles. The van der Waals surface area contributed by atoms with Crippen LogP contribution in [0.15, 0.2) is 96.1 Å². The third-order valence-corrected chi connectivity index (χ3v) is 19.8. The van der Waals surface area contributed by atoms with E-state index >= 15 is 0 Å². The molecule has 0 heterocycles. The number of Topliss-reactive ketones (excluding diaryl/α,β-unsaturated/α-hetero) is 2. The van der Waals surface area contributed by atoms with Gasteiger partial charge in [-0.25, -0.2) is 9.59 Å². The van der Waals surface area contributed by atoms with Crippen LogP contribution in [0.25, 0.3) is 0 Å². The molecule has 6 unspecified atom stereocenters. The molecule has 0 spiro atoms. The molecule has 0 aliphatic heterocycles. The fraction of sp³-hybridized carbons (Fsp3) is 0.552. The van der Waals surface area contributed by atoms with Crippen LogP contribution >= 0.6 is 0 Å². The molecule has 21 nitrogen and oxygen atoms in total. The van der Waals surface area contributed by atoms with Gasteiger partial charge in [0.05, 0.1) is 23.3 Å². The molecule has 6 N–H and O–H groups in total. The van der Waals surface area contributed by atoms with Gasteiger partial charge in [0.2, 0.25) is 5.78 Å². The first-order valence-electron chi connectivity index (χ1n) is 26.7. The van der Waals surface area contributed by atoms with Gasteiger partial charge in [-0.3, -0.25) is 19.2 Å². The van der Waals surface area contributed by atoms with Crippen molar-refractivity contribution in [2.45, 2.75) is 129 Å². The largest absolute Gasteiger partial charge is 0.478 e. The van der Waals surface area contributed by atoms with Gasteiger partial charge < -0.3 is 45.1 Å². The maximum atomic E-state index is 13.4. The highest BCUT2D eigenvalue weighted by molar-refractivity contribution is 6.02. The summed E-state index contributed by atoms with van der Waals surface area (Å²) in [5.41, 5.74) is -2.25. The summed E-state index contributed by atoms with van der Waals surface area (Å²) in [6.07, 6.45) is 14.7. The van der Waals surface area contributed by atoms with Crippen molar-refractivity contribution in [3.8, 4) is 0 Å². The van der Waals surface area contributed by atoms with E-state index in [1.54, 1.807) is 24.3 Å². The van der Waals surface area contributed by atoms with Gasteiger partial charge in [0, 0.05) is 33.5 Å². The number of nitrogens with zero attached hydrogens (tertiary/aromatic N) is 2. The van der Waals surface area contributed by atoms with E-state index in [4.69, 9.17) is 9.84 Å². The Morgan fingerprint density at radius 2 is 1.04 bits per heavy atom. The lowest BCUT2D eigenvalue weighted by atomic mass is 9.46. The van der Waals surface area contributed by atoms with Gasteiger partial charge in [0.1, 0.15) is 31.0 Å². The normalized spacial score (nSPS) is 36.2. The number of aliphatic hydroxyl groups excluding tert-OH is 3. The molecule has 0 saturated heterocycles.